The molecule has 1 N–H and O–H groups in total. The number of halogens is 2. The van der Waals surface area contributed by atoms with Crippen molar-refractivity contribution in [1.29, 1.82) is 0 Å². The van der Waals surface area contributed by atoms with Gasteiger partial charge in [0.1, 0.15) is 11.8 Å². The summed E-state index contributed by atoms with van der Waals surface area (Å²) in [6.07, 6.45) is 0.125. The molecule has 1 spiro atoms. The van der Waals surface area contributed by atoms with Crippen LogP contribution in [0.3, 0.4) is 0 Å². The van der Waals surface area contributed by atoms with Crippen molar-refractivity contribution in [2.24, 2.45) is 5.41 Å². The Hall–Kier alpha value is -1.74. The predicted molar refractivity (Wildman–Crippen MR) is 92.8 cm³/mol. The fourth-order valence-electron chi connectivity index (χ4n) is 3.97. The van der Waals surface area contributed by atoms with E-state index >= 15 is 0 Å². The van der Waals surface area contributed by atoms with Gasteiger partial charge in [0.25, 0.3) is 0 Å². The van der Waals surface area contributed by atoms with E-state index in [9.17, 15) is 17.8 Å². The lowest BCUT2D eigenvalue weighted by Gasteiger charge is -2.47. The largest absolute Gasteiger partial charge is 0.441 e. The van der Waals surface area contributed by atoms with Gasteiger partial charge in [0.15, 0.2) is 11.6 Å². The van der Waals surface area contributed by atoms with E-state index in [1.165, 1.54) is 0 Å². The molecule has 0 radical (unpaired) electrons. The zero-order chi connectivity index (χ0) is 18.5. The lowest BCUT2D eigenvalue weighted by molar-refractivity contribution is 0.0963. The van der Waals surface area contributed by atoms with Gasteiger partial charge in [0, 0.05) is 47.5 Å². The summed E-state index contributed by atoms with van der Waals surface area (Å²) in [5.74, 6) is -0.0800. The fraction of sp³-hybridized carbons (Fsp3) is 0.588. The number of amides is 1. The monoisotopic (exact) mass is 386 g/mol. The molecular weight excluding hydrogens is 366 g/mol. The molecule has 3 aliphatic rings. The van der Waals surface area contributed by atoms with Crippen LogP contribution in [0.5, 0.6) is 0 Å². The number of ether oxygens (including phenoxy) is 1. The maximum Gasteiger partial charge on any atom is 0.414 e. The van der Waals surface area contributed by atoms with Crippen molar-refractivity contribution in [3.63, 3.8) is 0 Å². The predicted octanol–water partition coefficient (Wildman–Crippen LogP) is 1.63. The molecule has 4 rings (SSSR count). The smallest absolute Gasteiger partial charge is 0.414 e. The van der Waals surface area contributed by atoms with Crippen LogP contribution in [-0.4, -0.2) is 59.3 Å². The van der Waals surface area contributed by atoms with Gasteiger partial charge in [-0.3, -0.25) is 9.11 Å². The van der Waals surface area contributed by atoms with Gasteiger partial charge in [-0.15, -0.1) is 0 Å². The van der Waals surface area contributed by atoms with Crippen molar-refractivity contribution in [3.8, 4) is 0 Å². The maximum absolute atomic E-state index is 14.6. The number of hydrogen-bond donors (Lipinski definition) is 1. The highest BCUT2D eigenvalue weighted by atomic mass is 32.2. The maximum atomic E-state index is 14.6. The van der Waals surface area contributed by atoms with Gasteiger partial charge in [0.05, 0.1) is 18.8 Å². The molecule has 3 aliphatic heterocycles. The number of piperidine rings is 1. The van der Waals surface area contributed by atoms with Crippen LogP contribution in [0.25, 0.3) is 0 Å². The fourth-order valence-corrected chi connectivity index (χ4v) is 5.83. The summed E-state index contributed by atoms with van der Waals surface area (Å²) in [5, 5.41) is 9.08. The van der Waals surface area contributed by atoms with Crippen molar-refractivity contribution in [3.05, 3.63) is 23.8 Å². The average molecular weight is 386 g/mol. The molecule has 3 fully saturated rings. The Morgan fingerprint density at radius 1 is 1.23 bits per heavy atom. The summed E-state index contributed by atoms with van der Waals surface area (Å²) in [6.45, 7) is 0.744. The topological polar surface area (TPSA) is 70.1 Å². The first-order chi connectivity index (χ1) is 12.4. The molecule has 0 bridgehead atoms. The van der Waals surface area contributed by atoms with E-state index in [2.05, 4.69) is 0 Å². The molecule has 9 heteroatoms. The average Bonchev–Trinajstić information content (AvgIpc) is 2.95. The van der Waals surface area contributed by atoms with E-state index in [1.54, 1.807) is 4.90 Å². The summed E-state index contributed by atoms with van der Waals surface area (Å²) in [7, 11) is -0.739. The second-order valence-electron chi connectivity index (χ2n) is 7.27. The van der Waals surface area contributed by atoms with Crippen LogP contribution in [0.15, 0.2) is 12.1 Å². The minimum atomic E-state index is -0.739. The molecule has 6 nitrogen and oxygen atoms in total. The number of aliphatic hydroxyl groups excluding tert-OH is 1. The summed E-state index contributed by atoms with van der Waals surface area (Å²) in [4.78, 5) is 14.6. The molecule has 1 amide bonds. The Labute approximate surface area is 152 Å². The number of anilines is 2. The molecule has 1 atom stereocenters. The van der Waals surface area contributed by atoms with E-state index in [0.29, 0.717) is 24.6 Å². The third kappa shape index (κ3) is 2.96. The Kier molecular flexibility index (Phi) is 4.38. The lowest BCUT2D eigenvalue weighted by Crippen LogP contribution is -2.52. The van der Waals surface area contributed by atoms with Gasteiger partial charge in [-0.05, 0) is 18.3 Å². The summed E-state index contributed by atoms with van der Waals surface area (Å²) in [6, 6.07) is 2.25. The molecule has 0 aliphatic carbocycles. The molecule has 0 saturated carbocycles. The number of carbonyl (C=O) groups excluding carboxylic acids is 1. The zero-order valence-electron chi connectivity index (χ0n) is 14.1. The number of carbonyl (C=O) groups is 1. The normalized spacial score (nSPS) is 25.5. The van der Waals surface area contributed by atoms with Crippen molar-refractivity contribution < 1.29 is 27.6 Å². The molecular formula is C17H20F2N2O4S. The summed E-state index contributed by atoms with van der Waals surface area (Å²) < 4.78 is 45.6. The Balaban J connectivity index is 1.52. The molecule has 1 unspecified atom stereocenters. The number of aliphatic hydroxyl groups is 1. The van der Waals surface area contributed by atoms with Crippen molar-refractivity contribution in [2.75, 3.05) is 47.5 Å². The van der Waals surface area contributed by atoms with Crippen LogP contribution in [0.2, 0.25) is 0 Å². The first kappa shape index (κ1) is 17.7. The van der Waals surface area contributed by atoms with Crippen molar-refractivity contribution in [2.45, 2.75) is 18.9 Å². The van der Waals surface area contributed by atoms with Crippen molar-refractivity contribution >= 4 is 28.3 Å². The summed E-state index contributed by atoms with van der Waals surface area (Å²) >= 11 is 0. The van der Waals surface area contributed by atoms with Crippen LogP contribution in [-0.2, 0) is 15.5 Å². The van der Waals surface area contributed by atoms with Gasteiger partial charge >= 0.3 is 6.09 Å². The van der Waals surface area contributed by atoms with E-state index in [1.807, 2.05) is 0 Å². The van der Waals surface area contributed by atoms with Crippen LogP contribution in [0.1, 0.15) is 12.8 Å². The highest BCUT2D eigenvalue weighted by Crippen LogP contribution is 2.42. The number of nitrogens with zero attached hydrogens (tertiary/aromatic N) is 2. The number of hydrogen-bond acceptors (Lipinski definition) is 5. The van der Waals surface area contributed by atoms with E-state index in [0.717, 1.165) is 29.9 Å². The van der Waals surface area contributed by atoms with Gasteiger partial charge < -0.3 is 14.7 Å². The zero-order valence-corrected chi connectivity index (χ0v) is 14.9. The van der Waals surface area contributed by atoms with Crippen LogP contribution in [0, 0.1) is 17.0 Å². The molecule has 0 aromatic heterocycles. The van der Waals surface area contributed by atoms with E-state index < -0.39 is 34.6 Å². The molecule has 142 valence electrons. The SMILES string of the molecule is O=C1OC(CO)CN1c1cc(F)c(N2CCC3(CC2)CS(=O)C3)c(F)c1. The Morgan fingerprint density at radius 3 is 2.35 bits per heavy atom. The second-order valence-corrected chi connectivity index (χ2v) is 8.73. The van der Waals surface area contributed by atoms with Gasteiger partial charge in [-0.1, -0.05) is 0 Å². The molecule has 26 heavy (non-hydrogen) atoms. The molecule has 3 saturated heterocycles. The first-order valence-corrected chi connectivity index (χ1v) is 10.1. The van der Waals surface area contributed by atoms with Crippen molar-refractivity contribution in [1.82, 2.24) is 0 Å². The molecule has 1 aromatic carbocycles. The number of benzene rings is 1. The minimum absolute atomic E-state index is 0.0525. The first-order valence-electron chi connectivity index (χ1n) is 8.59. The second kappa shape index (κ2) is 6.45. The van der Waals surface area contributed by atoms with Crippen LogP contribution in [0.4, 0.5) is 25.0 Å². The highest BCUT2D eigenvalue weighted by molar-refractivity contribution is 7.86. The third-order valence-corrected chi connectivity index (χ3v) is 7.33. The Bertz CT molecular complexity index is 734. The standard InChI is InChI=1S/C17H20F2N2O4S/c18-13-5-11(21-7-12(8-22)25-16(21)23)6-14(19)15(13)20-3-1-17(2-4-20)9-26(24)10-17/h5-6,12,22H,1-4,7-10H2. The van der Waals surface area contributed by atoms with Gasteiger partial charge in [-0.2, -0.15) is 0 Å². The number of cyclic esters (lactones) is 1. The van der Waals surface area contributed by atoms with Gasteiger partial charge in [-0.25, -0.2) is 13.6 Å². The van der Waals surface area contributed by atoms with Crippen LogP contribution >= 0.6 is 0 Å². The Morgan fingerprint density at radius 2 is 1.85 bits per heavy atom. The van der Waals surface area contributed by atoms with E-state index in [-0.39, 0.29) is 29.9 Å². The van der Waals surface area contributed by atoms with Gasteiger partial charge in [0.2, 0.25) is 0 Å². The van der Waals surface area contributed by atoms with E-state index in [4.69, 9.17) is 9.84 Å². The quantitative estimate of drug-likeness (QED) is 0.855. The summed E-state index contributed by atoms with van der Waals surface area (Å²) in [5.41, 5.74) is 0.0650. The molecule has 3 heterocycles. The molecule has 1 aromatic rings. The third-order valence-electron chi connectivity index (χ3n) is 5.47. The number of rotatable bonds is 3. The highest BCUT2D eigenvalue weighted by Gasteiger charge is 2.45. The minimum Gasteiger partial charge on any atom is -0.441 e. The van der Waals surface area contributed by atoms with Crippen LogP contribution < -0.4 is 9.80 Å². The lowest BCUT2D eigenvalue weighted by atomic mass is 9.81.